The largest absolute Gasteiger partial charge is 0.384 e. The molecule has 17 heavy (non-hydrogen) atoms. The topological polar surface area (TPSA) is 24.9 Å². The summed E-state index contributed by atoms with van der Waals surface area (Å²) < 4.78 is 0. The van der Waals surface area contributed by atoms with E-state index in [0.29, 0.717) is 5.02 Å². The van der Waals surface area contributed by atoms with Crippen molar-refractivity contribution in [2.24, 2.45) is 0 Å². The van der Waals surface area contributed by atoms with Gasteiger partial charge in [0.05, 0.1) is 10.7 Å². The van der Waals surface area contributed by atoms with Crippen LogP contribution in [0.3, 0.4) is 0 Å². The summed E-state index contributed by atoms with van der Waals surface area (Å²) in [6.45, 7) is 0.915. The van der Waals surface area contributed by atoms with Crippen LogP contribution in [0, 0.1) is 0 Å². The van der Waals surface area contributed by atoms with E-state index in [-0.39, 0.29) is 0 Å². The van der Waals surface area contributed by atoms with Crippen LogP contribution < -0.4 is 5.32 Å². The summed E-state index contributed by atoms with van der Waals surface area (Å²) in [4.78, 5) is 3.95. The van der Waals surface area contributed by atoms with Crippen LogP contribution in [0.5, 0.6) is 0 Å². The van der Waals surface area contributed by atoms with Gasteiger partial charge >= 0.3 is 0 Å². The van der Waals surface area contributed by atoms with Crippen LogP contribution in [0.25, 0.3) is 0 Å². The van der Waals surface area contributed by atoms with Gasteiger partial charge < -0.3 is 5.32 Å². The lowest BCUT2D eigenvalue weighted by atomic mass is 10.1. The van der Waals surface area contributed by atoms with Gasteiger partial charge in [0.15, 0.2) is 0 Å². The molecule has 2 nitrogen and oxygen atoms in total. The maximum Gasteiger partial charge on any atom is 0.0820 e. The minimum absolute atomic E-state index is 0.673. The minimum atomic E-state index is 0.673. The van der Waals surface area contributed by atoms with Gasteiger partial charge in [-0.1, -0.05) is 41.9 Å². The Kier molecular flexibility index (Phi) is 4.39. The number of anilines is 1. The molecule has 0 radical (unpaired) electrons. The minimum Gasteiger partial charge on any atom is -0.384 e. The number of hydrogen-bond donors (Lipinski definition) is 1. The van der Waals surface area contributed by atoms with Crippen LogP contribution in [0.1, 0.15) is 12.0 Å². The average Bonchev–Trinajstić information content (AvgIpc) is 2.38. The van der Waals surface area contributed by atoms with Crippen molar-refractivity contribution in [3.05, 3.63) is 59.4 Å². The highest BCUT2D eigenvalue weighted by atomic mass is 35.5. The number of aromatic nitrogens is 1. The molecule has 0 aliphatic carbocycles. The molecule has 0 unspecified atom stereocenters. The van der Waals surface area contributed by atoms with E-state index in [0.717, 1.165) is 25.1 Å². The Labute approximate surface area is 107 Å². The number of pyridine rings is 1. The Morgan fingerprint density at radius 3 is 2.71 bits per heavy atom. The van der Waals surface area contributed by atoms with E-state index < -0.39 is 0 Å². The van der Waals surface area contributed by atoms with E-state index in [2.05, 4.69) is 34.6 Å². The van der Waals surface area contributed by atoms with Crippen LogP contribution in [-0.2, 0) is 6.42 Å². The van der Waals surface area contributed by atoms with Crippen molar-refractivity contribution >= 4 is 17.3 Å². The molecule has 1 aromatic heterocycles. The van der Waals surface area contributed by atoms with Crippen molar-refractivity contribution in [2.75, 3.05) is 11.9 Å². The average molecular weight is 247 g/mol. The molecule has 2 rings (SSSR count). The second kappa shape index (κ2) is 6.26. The standard InChI is InChI=1S/C14H15ClN2/c15-13-11-16-10-8-14(13)17-9-4-7-12-5-2-1-3-6-12/h1-3,5-6,8,10-11H,4,7,9H2,(H,16,17). The molecule has 0 aliphatic heterocycles. The van der Waals surface area contributed by atoms with Gasteiger partial charge in [0.1, 0.15) is 0 Å². The fourth-order valence-electron chi connectivity index (χ4n) is 1.68. The molecular weight excluding hydrogens is 232 g/mol. The van der Waals surface area contributed by atoms with Crippen LogP contribution in [0.15, 0.2) is 48.8 Å². The fraction of sp³-hybridized carbons (Fsp3) is 0.214. The zero-order valence-corrected chi connectivity index (χ0v) is 10.3. The predicted octanol–water partition coefficient (Wildman–Crippen LogP) is 3.78. The smallest absolute Gasteiger partial charge is 0.0820 e. The molecule has 0 fully saturated rings. The highest BCUT2D eigenvalue weighted by Crippen LogP contribution is 2.18. The summed E-state index contributed by atoms with van der Waals surface area (Å²) in [6.07, 6.45) is 5.56. The van der Waals surface area contributed by atoms with E-state index in [9.17, 15) is 0 Å². The lowest BCUT2D eigenvalue weighted by Gasteiger charge is -2.07. The van der Waals surface area contributed by atoms with Gasteiger partial charge in [-0.15, -0.1) is 0 Å². The van der Waals surface area contributed by atoms with Crippen LogP contribution in [-0.4, -0.2) is 11.5 Å². The summed E-state index contributed by atoms with van der Waals surface area (Å²) in [5.41, 5.74) is 2.32. The number of nitrogens with one attached hydrogen (secondary N) is 1. The number of halogens is 1. The van der Waals surface area contributed by atoms with Crippen molar-refractivity contribution in [3.8, 4) is 0 Å². The molecule has 1 N–H and O–H groups in total. The van der Waals surface area contributed by atoms with Gasteiger partial charge in [-0.05, 0) is 24.5 Å². The monoisotopic (exact) mass is 246 g/mol. The summed E-state index contributed by atoms with van der Waals surface area (Å²) in [5.74, 6) is 0. The van der Waals surface area contributed by atoms with Gasteiger partial charge in [-0.2, -0.15) is 0 Å². The number of hydrogen-bond acceptors (Lipinski definition) is 2. The van der Waals surface area contributed by atoms with E-state index in [1.807, 2.05) is 12.1 Å². The molecule has 0 spiro atoms. The third-order valence-corrected chi connectivity index (χ3v) is 2.87. The highest BCUT2D eigenvalue weighted by Gasteiger charge is 1.98. The third kappa shape index (κ3) is 3.75. The SMILES string of the molecule is Clc1cnccc1NCCCc1ccccc1. The molecule has 0 amide bonds. The lowest BCUT2D eigenvalue weighted by Crippen LogP contribution is -2.03. The fourth-order valence-corrected chi connectivity index (χ4v) is 1.86. The van der Waals surface area contributed by atoms with Crippen molar-refractivity contribution in [1.82, 2.24) is 4.98 Å². The van der Waals surface area contributed by atoms with E-state index >= 15 is 0 Å². The predicted molar refractivity (Wildman–Crippen MR) is 72.5 cm³/mol. The van der Waals surface area contributed by atoms with E-state index in [1.54, 1.807) is 12.4 Å². The zero-order valence-electron chi connectivity index (χ0n) is 9.57. The van der Waals surface area contributed by atoms with Crippen molar-refractivity contribution in [3.63, 3.8) is 0 Å². The lowest BCUT2D eigenvalue weighted by molar-refractivity contribution is 0.863. The normalized spacial score (nSPS) is 10.2. The highest BCUT2D eigenvalue weighted by molar-refractivity contribution is 6.33. The Balaban J connectivity index is 1.76. The molecule has 1 aromatic carbocycles. The molecule has 0 saturated carbocycles. The number of rotatable bonds is 5. The summed E-state index contributed by atoms with van der Waals surface area (Å²) in [5, 5.41) is 3.98. The van der Waals surface area contributed by atoms with Gasteiger partial charge in [0.2, 0.25) is 0 Å². The molecule has 0 bridgehead atoms. The third-order valence-electron chi connectivity index (χ3n) is 2.57. The van der Waals surface area contributed by atoms with Crippen LogP contribution in [0.4, 0.5) is 5.69 Å². The Hall–Kier alpha value is -1.54. The first-order chi connectivity index (χ1) is 8.36. The van der Waals surface area contributed by atoms with Crippen LogP contribution in [0.2, 0.25) is 5.02 Å². The quantitative estimate of drug-likeness (QED) is 0.813. The second-order valence-corrected chi connectivity index (χ2v) is 4.28. The molecule has 3 heteroatoms. The van der Waals surface area contributed by atoms with Gasteiger partial charge in [0, 0.05) is 18.9 Å². The molecule has 88 valence electrons. The van der Waals surface area contributed by atoms with Gasteiger partial charge in [-0.25, -0.2) is 0 Å². The summed E-state index contributed by atoms with van der Waals surface area (Å²) in [7, 11) is 0. The number of aryl methyl sites for hydroxylation is 1. The molecule has 2 aromatic rings. The number of benzene rings is 1. The summed E-state index contributed by atoms with van der Waals surface area (Å²) >= 11 is 6.00. The Morgan fingerprint density at radius 2 is 1.94 bits per heavy atom. The molecule has 0 saturated heterocycles. The van der Waals surface area contributed by atoms with Crippen LogP contribution >= 0.6 is 11.6 Å². The number of nitrogens with zero attached hydrogens (tertiary/aromatic N) is 1. The van der Waals surface area contributed by atoms with Crippen molar-refractivity contribution < 1.29 is 0 Å². The zero-order chi connectivity index (χ0) is 11.9. The van der Waals surface area contributed by atoms with Gasteiger partial charge in [-0.3, -0.25) is 4.98 Å². The second-order valence-electron chi connectivity index (χ2n) is 3.87. The van der Waals surface area contributed by atoms with Gasteiger partial charge in [0.25, 0.3) is 0 Å². The first-order valence-electron chi connectivity index (χ1n) is 5.73. The Bertz CT molecular complexity index is 457. The molecule has 0 atom stereocenters. The maximum absolute atomic E-state index is 6.00. The van der Waals surface area contributed by atoms with Crippen molar-refractivity contribution in [2.45, 2.75) is 12.8 Å². The van der Waals surface area contributed by atoms with E-state index in [4.69, 9.17) is 11.6 Å². The molecule has 0 aliphatic rings. The van der Waals surface area contributed by atoms with Crippen molar-refractivity contribution in [1.29, 1.82) is 0 Å². The maximum atomic E-state index is 6.00. The Morgan fingerprint density at radius 1 is 1.12 bits per heavy atom. The summed E-state index contributed by atoms with van der Waals surface area (Å²) in [6, 6.07) is 12.4. The molecular formula is C14H15ClN2. The first-order valence-corrected chi connectivity index (χ1v) is 6.11. The first kappa shape index (κ1) is 11.9. The van der Waals surface area contributed by atoms with E-state index in [1.165, 1.54) is 5.56 Å². The molecule has 1 heterocycles.